The molecule has 1 amide bonds. The monoisotopic (exact) mass is 349 g/mol. The molecular formula is C18H31N5O2. The Bertz CT molecular complexity index is 560. The van der Waals surface area contributed by atoms with Crippen LogP contribution in [0.25, 0.3) is 0 Å². The zero-order valence-corrected chi connectivity index (χ0v) is 15.7. The van der Waals surface area contributed by atoms with Gasteiger partial charge in [0, 0.05) is 38.1 Å². The van der Waals surface area contributed by atoms with E-state index in [4.69, 9.17) is 4.52 Å². The van der Waals surface area contributed by atoms with Crippen molar-refractivity contribution >= 4 is 5.91 Å². The molecule has 7 nitrogen and oxygen atoms in total. The molecule has 1 saturated heterocycles. The largest absolute Gasteiger partial charge is 0.352 e. The number of hydrogen-bond donors (Lipinski definition) is 1. The molecule has 2 aliphatic rings. The van der Waals surface area contributed by atoms with Crippen LogP contribution in [0.4, 0.5) is 0 Å². The third kappa shape index (κ3) is 4.79. The minimum atomic E-state index is 0.120. The van der Waals surface area contributed by atoms with Crippen LogP contribution in [0.5, 0.6) is 0 Å². The first kappa shape index (κ1) is 18.3. The highest BCUT2D eigenvalue weighted by Crippen LogP contribution is 2.22. The van der Waals surface area contributed by atoms with Crippen LogP contribution in [0.2, 0.25) is 0 Å². The van der Waals surface area contributed by atoms with Crippen LogP contribution in [0.1, 0.15) is 70.1 Å². The van der Waals surface area contributed by atoms with E-state index in [1.165, 1.54) is 12.8 Å². The van der Waals surface area contributed by atoms with Crippen molar-refractivity contribution in [3.63, 3.8) is 0 Å². The number of nitrogens with one attached hydrogen (secondary N) is 1. The van der Waals surface area contributed by atoms with Gasteiger partial charge < -0.3 is 9.84 Å². The minimum Gasteiger partial charge on any atom is -0.352 e. The summed E-state index contributed by atoms with van der Waals surface area (Å²) < 4.78 is 5.43. The second-order valence-corrected chi connectivity index (χ2v) is 7.68. The van der Waals surface area contributed by atoms with E-state index in [0.717, 1.165) is 44.8 Å². The van der Waals surface area contributed by atoms with Gasteiger partial charge in [0.15, 0.2) is 5.82 Å². The molecule has 1 aliphatic heterocycles. The number of rotatable bonds is 6. The summed E-state index contributed by atoms with van der Waals surface area (Å²) in [5.41, 5.74) is 0. The molecule has 1 aromatic rings. The van der Waals surface area contributed by atoms with Crippen molar-refractivity contribution in [1.29, 1.82) is 0 Å². The predicted molar refractivity (Wildman–Crippen MR) is 95.2 cm³/mol. The Morgan fingerprint density at radius 3 is 2.48 bits per heavy atom. The van der Waals surface area contributed by atoms with Crippen molar-refractivity contribution in [2.45, 2.75) is 64.5 Å². The maximum absolute atomic E-state index is 12.2. The first-order valence-electron chi connectivity index (χ1n) is 9.62. The molecule has 7 heteroatoms. The Balaban J connectivity index is 1.43. The van der Waals surface area contributed by atoms with Crippen molar-refractivity contribution in [2.24, 2.45) is 0 Å². The average Bonchev–Trinajstić information content (AvgIpc) is 3.26. The summed E-state index contributed by atoms with van der Waals surface area (Å²) in [5, 5.41) is 7.23. The summed E-state index contributed by atoms with van der Waals surface area (Å²) in [7, 11) is 0. The highest BCUT2D eigenvalue weighted by atomic mass is 16.5. The van der Waals surface area contributed by atoms with Crippen molar-refractivity contribution in [3.8, 4) is 0 Å². The van der Waals surface area contributed by atoms with Gasteiger partial charge in [-0.05, 0) is 19.8 Å². The van der Waals surface area contributed by atoms with Gasteiger partial charge in [-0.15, -0.1) is 0 Å². The molecule has 2 heterocycles. The fourth-order valence-corrected chi connectivity index (χ4v) is 3.66. The maximum atomic E-state index is 12.2. The van der Waals surface area contributed by atoms with Crippen molar-refractivity contribution in [2.75, 3.05) is 32.7 Å². The standard InChI is InChI=1S/C18H31N5O2/c1-13(2)17-20-18(25-21-17)14(3)23-10-8-22(9-11-23)12-16(24)19-15-6-4-5-7-15/h13-15H,4-12H2,1-3H3,(H,19,24)/t14-/m1/s1. The van der Waals surface area contributed by atoms with Crippen LogP contribution in [0.3, 0.4) is 0 Å². The zero-order valence-electron chi connectivity index (χ0n) is 15.7. The van der Waals surface area contributed by atoms with Gasteiger partial charge in [0.2, 0.25) is 11.8 Å². The topological polar surface area (TPSA) is 74.5 Å². The Hall–Kier alpha value is -1.47. The summed E-state index contributed by atoms with van der Waals surface area (Å²) in [4.78, 5) is 21.3. The van der Waals surface area contributed by atoms with E-state index in [1.807, 2.05) is 0 Å². The van der Waals surface area contributed by atoms with Gasteiger partial charge in [-0.3, -0.25) is 14.6 Å². The van der Waals surface area contributed by atoms with E-state index in [2.05, 4.69) is 46.0 Å². The second-order valence-electron chi connectivity index (χ2n) is 7.68. The van der Waals surface area contributed by atoms with Crippen LogP contribution >= 0.6 is 0 Å². The molecule has 1 saturated carbocycles. The molecule has 1 aromatic heterocycles. The smallest absolute Gasteiger partial charge is 0.243 e. The fraction of sp³-hybridized carbons (Fsp3) is 0.833. The molecule has 0 bridgehead atoms. The number of carbonyl (C=O) groups excluding carboxylic acids is 1. The lowest BCUT2D eigenvalue weighted by Crippen LogP contribution is -2.50. The molecule has 0 aromatic carbocycles. The minimum absolute atomic E-state index is 0.120. The van der Waals surface area contributed by atoms with Crippen molar-refractivity contribution in [3.05, 3.63) is 11.7 Å². The molecule has 3 rings (SSSR count). The van der Waals surface area contributed by atoms with Crippen molar-refractivity contribution < 1.29 is 9.32 Å². The normalized spacial score (nSPS) is 21.8. The quantitative estimate of drug-likeness (QED) is 0.846. The summed E-state index contributed by atoms with van der Waals surface area (Å²) >= 11 is 0. The molecule has 0 radical (unpaired) electrons. The van der Waals surface area contributed by atoms with Crippen LogP contribution in [-0.2, 0) is 4.79 Å². The number of carbonyl (C=O) groups is 1. The Morgan fingerprint density at radius 2 is 1.88 bits per heavy atom. The molecule has 1 atom stereocenters. The summed E-state index contributed by atoms with van der Waals surface area (Å²) in [6.45, 7) is 10.4. The van der Waals surface area contributed by atoms with Gasteiger partial charge in [-0.2, -0.15) is 4.98 Å². The zero-order chi connectivity index (χ0) is 17.8. The van der Waals surface area contributed by atoms with E-state index >= 15 is 0 Å². The van der Waals surface area contributed by atoms with Gasteiger partial charge >= 0.3 is 0 Å². The number of hydrogen-bond acceptors (Lipinski definition) is 6. The molecule has 1 aliphatic carbocycles. The van der Waals surface area contributed by atoms with Gasteiger partial charge in [-0.1, -0.05) is 31.8 Å². The lowest BCUT2D eigenvalue weighted by molar-refractivity contribution is -0.123. The van der Waals surface area contributed by atoms with Crippen LogP contribution < -0.4 is 5.32 Å². The van der Waals surface area contributed by atoms with E-state index in [0.29, 0.717) is 18.5 Å². The fourth-order valence-electron chi connectivity index (χ4n) is 3.66. The van der Waals surface area contributed by atoms with E-state index in [1.54, 1.807) is 0 Å². The molecule has 1 N–H and O–H groups in total. The molecule has 2 fully saturated rings. The molecule has 25 heavy (non-hydrogen) atoms. The Kier molecular flexibility index (Phi) is 6.06. The van der Waals surface area contributed by atoms with E-state index < -0.39 is 0 Å². The lowest BCUT2D eigenvalue weighted by Gasteiger charge is -2.36. The number of amides is 1. The first-order valence-corrected chi connectivity index (χ1v) is 9.62. The molecule has 0 unspecified atom stereocenters. The first-order chi connectivity index (χ1) is 12.0. The third-order valence-electron chi connectivity index (χ3n) is 5.37. The molecular weight excluding hydrogens is 318 g/mol. The summed E-state index contributed by atoms with van der Waals surface area (Å²) in [6.07, 6.45) is 4.77. The van der Waals surface area contributed by atoms with Crippen LogP contribution in [0.15, 0.2) is 4.52 Å². The van der Waals surface area contributed by atoms with Gasteiger partial charge in [0.05, 0.1) is 12.6 Å². The number of nitrogens with zero attached hydrogens (tertiary/aromatic N) is 4. The molecule has 0 spiro atoms. The lowest BCUT2D eigenvalue weighted by atomic mass is 10.2. The SMILES string of the molecule is CC(C)c1noc([C@@H](C)N2CCN(CC(=O)NC3CCCC3)CC2)n1. The van der Waals surface area contributed by atoms with Gasteiger partial charge in [0.25, 0.3) is 0 Å². The summed E-state index contributed by atoms with van der Waals surface area (Å²) in [5.74, 6) is 1.91. The predicted octanol–water partition coefficient (Wildman–Crippen LogP) is 1.93. The van der Waals surface area contributed by atoms with Crippen LogP contribution in [0, 0.1) is 0 Å². The Labute approximate surface area is 150 Å². The van der Waals surface area contributed by atoms with E-state index in [9.17, 15) is 4.79 Å². The highest BCUT2D eigenvalue weighted by Gasteiger charge is 2.27. The number of piperazine rings is 1. The van der Waals surface area contributed by atoms with Crippen molar-refractivity contribution in [1.82, 2.24) is 25.3 Å². The Morgan fingerprint density at radius 1 is 1.20 bits per heavy atom. The van der Waals surface area contributed by atoms with Gasteiger partial charge in [0.1, 0.15) is 0 Å². The van der Waals surface area contributed by atoms with E-state index in [-0.39, 0.29) is 17.9 Å². The summed E-state index contributed by atoms with van der Waals surface area (Å²) in [6, 6.07) is 0.524. The molecule has 140 valence electrons. The number of aromatic nitrogens is 2. The maximum Gasteiger partial charge on any atom is 0.243 e. The second kappa shape index (κ2) is 8.27. The third-order valence-corrected chi connectivity index (χ3v) is 5.37. The average molecular weight is 349 g/mol. The van der Waals surface area contributed by atoms with Gasteiger partial charge in [-0.25, -0.2) is 0 Å². The highest BCUT2D eigenvalue weighted by molar-refractivity contribution is 5.78. The van der Waals surface area contributed by atoms with Crippen LogP contribution in [-0.4, -0.2) is 64.6 Å².